The Kier molecular flexibility index (Phi) is 2.12. The lowest BCUT2D eigenvalue weighted by molar-refractivity contribution is -0.384. The quantitative estimate of drug-likeness (QED) is 0.593. The average Bonchev–Trinajstić information content (AvgIpc) is 2.86. The first-order valence-corrected chi connectivity index (χ1v) is 3.96. The molecule has 9 nitrogen and oxygen atoms in total. The van der Waals surface area contributed by atoms with Gasteiger partial charge >= 0.3 is 17.7 Å². The zero-order valence-corrected chi connectivity index (χ0v) is 7.60. The number of carbonyl (C=O) groups is 1. The average molecular weight is 224 g/mol. The monoisotopic (exact) mass is 224 g/mol. The molecule has 0 spiro atoms. The number of aromatic nitrogens is 3. The fourth-order valence-electron chi connectivity index (χ4n) is 0.980. The van der Waals surface area contributed by atoms with Gasteiger partial charge in [0.25, 0.3) is 0 Å². The number of carboxylic acids is 1. The van der Waals surface area contributed by atoms with Gasteiger partial charge in [-0.3, -0.25) is 10.1 Å². The van der Waals surface area contributed by atoms with E-state index in [-0.39, 0.29) is 17.4 Å². The van der Waals surface area contributed by atoms with Crippen LogP contribution in [-0.4, -0.2) is 30.8 Å². The van der Waals surface area contributed by atoms with Crippen LogP contribution in [0.3, 0.4) is 0 Å². The third kappa shape index (κ3) is 1.61. The zero-order chi connectivity index (χ0) is 11.7. The third-order valence-electron chi connectivity index (χ3n) is 1.69. The number of oxazole rings is 1. The highest BCUT2D eigenvalue weighted by Crippen LogP contribution is 2.13. The van der Waals surface area contributed by atoms with Crippen LogP contribution in [0.15, 0.2) is 23.1 Å². The first-order valence-electron chi connectivity index (χ1n) is 3.96. The molecule has 0 aliphatic rings. The van der Waals surface area contributed by atoms with Crippen molar-refractivity contribution in [3.05, 3.63) is 34.5 Å². The SMILES string of the molecule is O=C(O)c1coc(-n2cc([N+](=O)[O-])cn2)n1. The largest absolute Gasteiger partial charge is 0.476 e. The van der Waals surface area contributed by atoms with Crippen LogP contribution in [0.4, 0.5) is 5.69 Å². The summed E-state index contributed by atoms with van der Waals surface area (Å²) in [7, 11) is 0. The molecule has 0 aromatic carbocycles. The molecule has 0 aliphatic carbocycles. The van der Waals surface area contributed by atoms with Gasteiger partial charge in [-0.15, -0.1) is 0 Å². The molecule has 2 aromatic rings. The van der Waals surface area contributed by atoms with Crippen molar-refractivity contribution < 1.29 is 19.2 Å². The summed E-state index contributed by atoms with van der Waals surface area (Å²) in [6.45, 7) is 0. The summed E-state index contributed by atoms with van der Waals surface area (Å²) in [5, 5.41) is 22.6. The molecule has 1 N–H and O–H groups in total. The normalized spacial score (nSPS) is 10.2. The van der Waals surface area contributed by atoms with Crippen LogP contribution in [-0.2, 0) is 0 Å². The maximum absolute atomic E-state index is 10.5. The summed E-state index contributed by atoms with van der Waals surface area (Å²) < 4.78 is 5.77. The molecule has 0 saturated carbocycles. The molecule has 0 radical (unpaired) electrons. The molecule has 82 valence electrons. The topological polar surface area (TPSA) is 124 Å². The molecule has 16 heavy (non-hydrogen) atoms. The van der Waals surface area contributed by atoms with Gasteiger partial charge in [0.05, 0.1) is 4.92 Å². The molecule has 0 bridgehead atoms. The van der Waals surface area contributed by atoms with E-state index in [2.05, 4.69) is 10.1 Å². The Balaban J connectivity index is 2.35. The minimum atomic E-state index is -1.25. The lowest BCUT2D eigenvalue weighted by Crippen LogP contribution is -1.99. The van der Waals surface area contributed by atoms with Gasteiger partial charge in [-0.2, -0.15) is 14.8 Å². The standard InChI is InChI=1S/C7H4N4O5/c12-6(13)5-3-16-7(9-5)10-2-4(1-8-10)11(14)15/h1-3H,(H,12,13). The zero-order valence-electron chi connectivity index (χ0n) is 7.60. The van der Waals surface area contributed by atoms with Crippen molar-refractivity contribution in [3.8, 4) is 6.01 Å². The molecule has 0 amide bonds. The predicted octanol–water partition coefficient (Wildman–Crippen LogP) is 0.467. The van der Waals surface area contributed by atoms with Crippen LogP contribution in [0, 0.1) is 10.1 Å². The molecule has 2 rings (SSSR count). The number of aromatic carboxylic acids is 1. The van der Waals surface area contributed by atoms with Crippen molar-refractivity contribution in [2.45, 2.75) is 0 Å². The number of nitro groups is 1. The summed E-state index contributed by atoms with van der Waals surface area (Å²) in [5.74, 6) is -1.25. The molecule has 0 atom stereocenters. The van der Waals surface area contributed by atoms with Crippen molar-refractivity contribution in [1.29, 1.82) is 0 Å². The summed E-state index contributed by atoms with van der Waals surface area (Å²) in [5.41, 5.74) is -0.539. The van der Waals surface area contributed by atoms with Crippen molar-refractivity contribution in [2.75, 3.05) is 0 Å². The molecule has 2 heterocycles. The van der Waals surface area contributed by atoms with E-state index >= 15 is 0 Å². The van der Waals surface area contributed by atoms with Crippen LogP contribution in [0.5, 0.6) is 0 Å². The van der Waals surface area contributed by atoms with E-state index in [0.717, 1.165) is 23.3 Å². The summed E-state index contributed by atoms with van der Waals surface area (Å²) in [6, 6.07) is -0.148. The van der Waals surface area contributed by atoms with E-state index in [0.29, 0.717) is 0 Å². The van der Waals surface area contributed by atoms with Gasteiger partial charge in [-0.1, -0.05) is 0 Å². The van der Waals surface area contributed by atoms with Gasteiger partial charge in [0.15, 0.2) is 5.69 Å². The number of hydrogen-bond donors (Lipinski definition) is 1. The van der Waals surface area contributed by atoms with Crippen LogP contribution in [0.25, 0.3) is 6.01 Å². The smallest absolute Gasteiger partial charge is 0.357 e. The van der Waals surface area contributed by atoms with E-state index in [9.17, 15) is 14.9 Å². The molecular formula is C7H4N4O5. The van der Waals surface area contributed by atoms with Crippen LogP contribution in [0.2, 0.25) is 0 Å². The minimum Gasteiger partial charge on any atom is -0.476 e. The van der Waals surface area contributed by atoms with Gasteiger partial charge in [0.2, 0.25) is 0 Å². The number of rotatable bonds is 3. The fourth-order valence-corrected chi connectivity index (χ4v) is 0.980. The number of carboxylic acid groups (broad SMARTS) is 1. The van der Waals surface area contributed by atoms with Crippen molar-refractivity contribution in [1.82, 2.24) is 14.8 Å². The molecular weight excluding hydrogens is 220 g/mol. The highest BCUT2D eigenvalue weighted by Gasteiger charge is 2.15. The van der Waals surface area contributed by atoms with Gasteiger partial charge in [-0.05, 0) is 0 Å². The Labute approximate surface area is 87.1 Å². The third-order valence-corrected chi connectivity index (χ3v) is 1.69. The fraction of sp³-hybridized carbons (Fsp3) is 0. The second-order valence-corrected chi connectivity index (χ2v) is 2.72. The van der Waals surface area contributed by atoms with Crippen molar-refractivity contribution >= 4 is 11.7 Å². The minimum absolute atomic E-state index is 0.148. The summed E-state index contributed by atoms with van der Waals surface area (Å²) in [6.07, 6.45) is 2.99. The number of hydrogen-bond acceptors (Lipinski definition) is 6. The highest BCUT2D eigenvalue weighted by molar-refractivity contribution is 5.84. The Hall–Kier alpha value is -2.71. The van der Waals surface area contributed by atoms with Gasteiger partial charge < -0.3 is 9.52 Å². The first kappa shape index (κ1) is 9.83. The van der Waals surface area contributed by atoms with E-state index < -0.39 is 10.9 Å². The van der Waals surface area contributed by atoms with Crippen LogP contribution < -0.4 is 0 Å². The molecule has 9 heteroatoms. The van der Waals surface area contributed by atoms with E-state index in [4.69, 9.17) is 9.52 Å². The first-order chi connectivity index (χ1) is 7.58. The van der Waals surface area contributed by atoms with E-state index in [1.54, 1.807) is 0 Å². The summed E-state index contributed by atoms with van der Waals surface area (Å²) in [4.78, 5) is 23.8. The lowest BCUT2D eigenvalue weighted by atomic mass is 10.5. The Bertz CT molecular complexity index is 506. The second kappa shape index (κ2) is 3.46. The predicted molar refractivity (Wildman–Crippen MR) is 47.2 cm³/mol. The van der Waals surface area contributed by atoms with Crippen LogP contribution >= 0.6 is 0 Å². The summed E-state index contributed by atoms with van der Waals surface area (Å²) >= 11 is 0. The number of nitrogens with zero attached hydrogens (tertiary/aromatic N) is 4. The van der Waals surface area contributed by atoms with Gasteiger partial charge in [-0.25, -0.2) is 4.79 Å². The molecule has 0 unspecified atom stereocenters. The highest BCUT2D eigenvalue weighted by atomic mass is 16.6. The maximum Gasteiger partial charge on any atom is 0.357 e. The molecule has 2 aromatic heterocycles. The van der Waals surface area contributed by atoms with Gasteiger partial charge in [0.1, 0.15) is 18.7 Å². The van der Waals surface area contributed by atoms with Crippen molar-refractivity contribution in [3.63, 3.8) is 0 Å². The molecule has 0 fully saturated rings. The van der Waals surface area contributed by atoms with Gasteiger partial charge in [0, 0.05) is 0 Å². The molecule has 0 saturated heterocycles. The van der Waals surface area contributed by atoms with E-state index in [1.165, 1.54) is 0 Å². The second-order valence-electron chi connectivity index (χ2n) is 2.72. The Morgan fingerprint density at radius 2 is 2.38 bits per heavy atom. The van der Waals surface area contributed by atoms with Crippen LogP contribution in [0.1, 0.15) is 10.5 Å². The Morgan fingerprint density at radius 3 is 2.88 bits per heavy atom. The maximum atomic E-state index is 10.5. The Morgan fingerprint density at radius 1 is 1.62 bits per heavy atom. The lowest BCUT2D eigenvalue weighted by Gasteiger charge is -1.89. The van der Waals surface area contributed by atoms with E-state index in [1.807, 2.05) is 0 Å². The van der Waals surface area contributed by atoms with Crippen molar-refractivity contribution in [2.24, 2.45) is 0 Å². The molecule has 0 aliphatic heterocycles.